The zero-order valence-electron chi connectivity index (χ0n) is 16.4. The average molecular weight is 486 g/mol. The lowest BCUT2D eigenvalue weighted by Crippen LogP contribution is -2.00. The molecule has 0 saturated heterocycles. The van der Waals surface area contributed by atoms with Crippen molar-refractivity contribution in [3.8, 4) is 17.2 Å². The van der Waals surface area contributed by atoms with E-state index < -0.39 is 0 Å². The van der Waals surface area contributed by atoms with Gasteiger partial charge in [-0.2, -0.15) is 0 Å². The first-order valence-corrected chi connectivity index (χ1v) is 10.4. The van der Waals surface area contributed by atoms with Crippen molar-refractivity contribution < 1.29 is 19.0 Å². The van der Waals surface area contributed by atoms with Gasteiger partial charge in [0.25, 0.3) is 0 Å². The number of hydrogen-bond donors (Lipinski definition) is 0. The summed E-state index contributed by atoms with van der Waals surface area (Å²) in [6, 6.07) is 16.7. The van der Waals surface area contributed by atoms with Crippen LogP contribution in [0.4, 0.5) is 0 Å². The highest BCUT2D eigenvalue weighted by Crippen LogP contribution is 2.38. The first-order chi connectivity index (χ1) is 14.4. The molecule has 0 aliphatic carbocycles. The lowest BCUT2D eigenvalue weighted by molar-refractivity contribution is 0.101. The lowest BCUT2D eigenvalue weighted by atomic mass is 10.0. The molecule has 30 heavy (non-hydrogen) atoms. The van der Waals surface area contributed by atoms with E-state index >= 15 is 0 Å². The normalized spacial score (nSPS) is 13.9. The smallest absolute Gasteiger partial charge is 0.232 e. The summed E-state index contributed by atoms with van der Waals surface area (Å²) in [7, 11) is 1.59. The highest BCUT2D eigenvalue weighted by molar-refractivity contribution is 9.10. The van der Waals surface area contributed by atoms with E-state index in [9.17, 15) is 4.79 Å². The Bertz CT molecular complexity index is 1170. The van der Waals surface area contributed by atoms with Crippen LogP contribution in [0.25, 0.3) is 6.08 Å². The summed E-state index contributed by atoms with van der Waals surface area (Å²) in [6.45, 7) is 2.24. The van der Waals surface area contributed by atoms with Crippen LogP contribution in [0.3, 0.4) is 0 Å². The highest BCUT2D eigenvalue weighted by atomic mass is 79.9. The van der Waals surface area contributed by atoms with Crippen molar-refractivity contribution in [2.24, 2.45) is 0 Å². The number of methoxy groups -OCH3 is 1. The van der Waals surface area contributed by atoms with Gasteiger partial charge in [-0.3, -0.25) is 4.79 Å². The first-order valence-electron chi connectivity index (χ1n) is 9.24. The molecule has 152 valence electrons. The number of fused-ring (bicyclic) bond motifs is 1. The molecule has 4 nitrogen and oxygen atoms in total. The van der Waals surface area contributed by atoms with Crippen LogP contribution >= 0.6 is 27.5 Å². The molecule has 0 radical (unpaired) electrons. The number of aryl methyl sites for hydroxylation is 1. The van der Waals surface area contributed by atoms with Crippen molar-refractivity contribution in [2.45, 2.75) is 13.5 Å². The van der Waals surface area contributed by atoms with Crippen LogP contribution in [0.15, 0.2) is 64.8 Å². The molecule has 0 bridgehead atoms. The molecule has 3 aromatic carbocycles. The summed E-state index contributed by atoms with van der Waals surface area (Å²) in [4.78, 5) is 12.9. The van der Waals surface area contributed by atoms with Gasteiger partial charge in [0.15, 0.2) is 5.76 Å². The van der Waals surface area contributed by atoms with Crippen molar-refractivity contribution in [1.29, 1.82) is 0 Å². The third-order valence-corrected chi connectivity index (χ3v) is 5.44. The average Bonchev–Trinajstić information content (AvgIpc) is 3.02. The van der Waals surface area contributed by atoms with Crippen molar-refractivity contribution in [1.82, 2.24) is 0 Å². The molecule has 0 unspecified atom stereocenters. The molecule has 0 saturated carbocycles. The SMILES string of the molecule is COc1ccc(Br)cc1/C=C1\Oc2cc(OCc3cccc(Cl)c3)cc(C)c2C1=O. The summed E-state index contributed by atoms with van der Waals surface area (Å²) < 4.78 is 18.1. The fourth-order valence-electron chi connectivity index (χ4n) is 3.31. The summed E-state index contributed by atoms with van der Waals surface area (Å²) in [5, 5.41) is 0.660. The summed E-state index contributed by atoms with van der Waals surface area (Å²) >= 11 is 9.47. The van der Waals surface area contributed by atoms with E-state index in [-0.39, 0.29) is 11.5 Å². The predicted octanol–water partition coefficient (Wildman–Crippen LogP) is 6.61. The van der Waals surface area contributed by atoms with Gasteiger partial charge in [-0.25, -0.2) is 0 Å². The van der Waals surface area contributed by atoms with E-state index in [4.69, 9.17) is 25.8 Å². The Hall–Kier alpha value is -2.76. The molecule has 1 heterocycles. The van der Waals surface area contributed by atoms with E-state index in [0.717, 1.165) is 21.2 Å². The second-order valence-corrected chi connectivity index (χ2v) is 8.21. The second kappa shape index (κ2) is 8.54. The number of ketones is 1. The van der Waals surface area contributed by atoms with E-state index in [1.165, 1.54) is 0 Å². The third-order valence-electron chi connectivity index (χ3n) is 4.72. The monoisotopic (exact) mass is 484 g/mol. The van der Waals surface area contributed by atoms with E-state index in [2.05, 4.69) is 15.9 Å². The van der Waals surface area contributed by atoms with Crippen LogP contribution in [0.2, 0.25) is 5.02 Å². The maximum absolute atomic E-state index is 12.9. The number of halogens is 2. The second-order valence-electron chi connectivity index (χ2n) is 6.86. The minimum atomic E-state index is -0.161. The molecule has 4 rings (SSSR count). The summed E-state index contributed by atoms with van der Waals surface area (Å²) in [5.74, 6) is 1.85. The largest absolute Gasteiger partial charge is 0.496 e. The van der Waals surface area contributed by atoms with Crippen molar-refractivity contribution in [3.63, 3.8) is 0 Å². The van der Waals surface area contributed by atoms with Gasteiger partial charge in [0.2, 0.25) is 5.78 Å². The number of carbonyl (C=O) groups is 1. The van der Waals surface area contributed by atoms with E-state index in [1.807, 2.05) is 55.5 Å². The van der Waals surface area contributed by atoms with Crippen LogP contribution in [0.1, 0.15) is 27.0 Å². The topological polar surface area (TPSA) is 44.8 Å². The molecule has 0 amide bonds. The Morgan fingerprint density at radius 2 is 1.97 bits per heavy atom. The minimum absolute atomic E-state index is 0.161. The Morgan fingerprint density at radius 3 is 2.73 bits per heavy atom. The van der Waals surface area contributed by atoms with Crippen LogP contribution in [-0.2, 0) is 6.61 Å². The van der Waals surface area contributed by atoms with Crippen molar-refractivity contribution in [2.75, 3.05) is 7.11 Å². The Balaban J connectivity index is 1.60. The number of hydrogen-bond acceptors (Lipinski definition) is 4. The number of allylic oxidation sites excluding steroid dienone is 1. The van der Waals surface area contributed by atoms with Gasteiger partial charge in [0, 0.05) is 21.1 Å². The van der Waals surface area contributed by atoms with Gasteiger partial charge in [-0.05, 0) is 60.5 Å². The molecule has 0 atom stereocenters. The third kappa shape index (κ3) is 4.23. The number of Topliss-reactive ketones (excluding diaryl/α,β-unsaturated/α-hetero) is 1. The predicted molar refractivity (Wildman–Crippen MR) is 121 cm³/mol. The van der Waals surface area contributed by atoms with Crippen LogP contribution in [-0.4, -0.2) is 12.9 Å². The molecule has 0 fully saturated rings. The molecule has 6 heteroatoms. The Morgan fingerprint density at radius 1 is 1.13 bits per heavy atom. The molecule has 3 aromatic rings. The van der Waals surface area contributed by atoms with Gasteiger partial charge >= 0.3 is 0 Å². The fraction of sp³-hybridized carbons (Fsp3) is 0.125. The lowest BCUT2D eigenvalue weighted by Gasteiger charge is -2.09. The zero-order valence-corrected chi connectivity index (χ0v) is 18.7. The standard InChI is InChI=1S/C24H18BrClO4/c1-14-8-19(29-13-15-4-3-5-18(26)9-15)12-21-23(14)24(27)22(30-21)11-16-10-17(25)6-7-20(16)28-2/h3-12H,13H2,1-2H3/b22-11-. The quantitative estimate of drug-likeness (QED) is 0.381. The van der Waals surface area contributed by atoms with Crippen molar-refractivity contribution >= 4 is 39.4 Å². The molecular weight excluding hydrogens is 468 g/mol. The molecular formula is C24H18BrClO4. The number of ether oxygens (including phenoxy) is 3. The molecule has 0 aromatic heterocycles. The first kappa shape index (κ1) is 20.5. The maximum Gasteiger partial charge on any atom is 0.232 e. The number of rotatable bonds is 5. The molecule has 0 spiro atoms. The fourth-order valence-corrected chi connectivity index (χ4v) is 3.91. The van der Waals surface area contributed by atoms with E-state index in [0.29, 0.717) is 34.4 Å². The number of carbonyl (C=O) groups excluding carboxylic acids is 1. The van der Waals surface area contributed by atoms with Crippen LogP contribution in [0, 0.1) is 6.92 Å². The van der Waals surface area contributed by atoms with Gasteiger partial charge in [0.1, 0.15) is 23.9 Å². The number of benzene rings is 3. The van der Waals surface area contributed by atoms with Gasteiger partial charge in [-0.15, -0.1) is 0 Å². The van der Waals surface area contributed by atoms with Crippen LogP contribution in [0.5, 0.6) is 17.2 Å². The maximum atomic E-state index is 12.9. The minimum Gasteiger partial charge on any atom is -0.496 e. The zero-order chi connectivity index (χ0) is 21.3. The van der Waals surface area contributed by atoms with Crippen LogP contribution < -0.4 is 14.2 Å². The molecule has 1 aliphatic heterocycles. The van der Waals surface area contributed by atoms with Gasteiger partial charge in [0.05, 0.1) is 12.7 Å². The van der Waals surface area contributed by atoms with Gasteiger partial charge < -0.3 is 14.2 Å². The van der Waals surface area contributed by atoms with Crippen molar-refractivity contribution in [3.05, 3.63) is 92.1 Å². The highest BCUT2D eigenvalue weighted by Gasteiger charge is 2.30. The Kier molecular flexibility index (Phi) is 5.84. The Labute approximate surface area is 188 Å². The molecule has 1 aliphatic rings. The summed E-state index contributed by atoms with van der Waals surface area (Å²) in [6.07, 6.45) is 1.69. The van der Waals surface area contributed by atoms with Gasteiger partial charge in [-0.1, -0.05) is 39.7 Å². The summed E-state index contributed by atoms with van der Waals surface area (Å²) in [5.41, 5.74) is 3.05. The molecule has 0 N–H and O–H groups in total. The van der Waals surface area contributed by atoms with E-state index in [1.54, 1.807) is 19.3 Å².